The maximum Gasteiger partial charge on any atom is 0.200 e. The summed E-state index contributed by atoms with van der Waals surface area (Å²) in [7, 11) is 0. The molecule has 0 aromatic heterocycles. The van der Waals surface area contributed by atoms with Crippen molar-refractivity contribution in [3.05, 3.63) is 113 Å². The van der Waals surface area contributed by atoms with E-state index in [2.05, 4.69) is 39.9 Å². The standard InChI is InChI=1S/C50H58N2O8/c1-6-8-10-12-14-28-57-34-20-24-36(25-21-34)59-40-30-38(51)42-44(46(40)53)49(56)43-39(52-33-18-16-32(17-19-33)50(3,4)5)31-41(47(54)45(43)48(42)55)60-37-26-22-35(23-27-37)58-29-15-13-11-9-7-2/h16-27,30-31,52-54H,6-15,28-29,51H2,1-5H3. The van der Waals surface area contributed by atoms with Gasteiger partial charge in [-0.05, 0) is 84.5 Å². The Morgan fingerprint density at radius 1 is 0.550 bits per heavy atom. The second-order valence-corrected chi connectivity index (χ2v) is 16.4. The average molecular weight is 815 g/mol. The van der Waals surface area contributed by atoms with Crippen molar-refractivity contribution in [1.82, 2.24) is 0 Å². The number of nitrogens with two attached hydrogens (primary N) is 1. The molecule has 0 fully saturated rings. The molecular weight excluding hydrogens is 757 g/mol. The van der Waals surface area contributed by atoms with Gasteiger partial charge in [0.1, 0.15) is 23.0 Å². The Kier molecular flexibility index (Phi) is 14.3. The highest BCUT2D eigenvalue weighted by Crippen LogP contribution is 2.50. The Bertz CT molecular complexity index is 2260. The fourth-order valence-corrected chi connectivity index (χ4v) is 7.20. The molecular formula is C50H58N2O8. The summed E-state index contributed by atoms with van der Waals surface area (Å²) in [6.45, 7) is 11.9. The number of aromatic hydroxyl groups is 2. The second kappa shape index (κ2) is 19.7. The van der Waals surface area contributed by atoms with Gasteiger partial charge < -0.3 is 40.2 Å². The number of phenols is 2. The predicted octanol–water partition coefficient (Wildman–Crippen LogP) is 12.8. The lowest BCUT2D eigenvalue weighted by Crippen LogP contribution is -2.24. The lowest BCUT2D eigenvalue weighted by molar-refractivity contribution is 0.0974. The molecule has 0 radical (unpaired) electrons. The van der Waals surface area contributed by atoms with Gasteiger partial charge in [0.2, 0.25) is 11.6 Å². The van der Waals surface area contributed by atoms with Crippen LogP contribution in [-0.2, 0) is 5.41 Å². The second-order valence-electron chi connectivity index (χ2n) is 16.4. The van der Waals surface area contributed by atoms with Crippen LogP contribution in [-0.4, -0.2) is 35.0 Å². The SMILES string of the molecule is CCCCCCCOc1ccc(Oc2cc(N)c3c(c2O)C(=O)c2c(Nc4ccc(C(C)(C)C)cc4)cc(Oc4ccc(OCCCCCCC)cc4)c(O)c2C3=O)cc1. The van der Waals surface area contributed by atoms with Gasteiger partial charge in [-0.2, -0.15) is 0 Å². The van der Waals surface area contributed by atoms with Crippen LogP contribution in [0.2, 0.25) is 0 Å². The van der Waals surface area contributed by atoms with E-state index in [9.17, 15) is 19.8 Å². The number of benzene rings is 5. The van der Waals surface area contributed by atoms with Gasteiger partial charge >= 0.3 is 0 Å². The van der Waals surface area contributed by atoms with Crippen LogP contribution < -0.4 is 30.0 Å². The highest BCUT2D eigenvalue weighted by Gasteiger charge is 2.40. The molecule has 0 saturated heterocycles. The van der Waals surface area contributed by atoms with E-state index < -0.39 is 23.1 Å². The number of hydrogen-bond donors (Lipinski definition) is 4. The molecule has 0 bridgehead atoms. The maximum atomic E-state index is 14.6. The topological polar surface area (TPSA) is 150 Å². The lowest BCUT2D eigenvalue weighted by Gasteiger charge is -2.26. The van der Waals surface area contributed by atoms with Crippen molar-refractivity contribution in [3.63, 3.8) is 0 Å². The van der Waals surface area contributed by atoms with Crippen LogP contribution in [0, 0.1) is 0 Å². The van der Waals surface area contributed by atoms with Crippen LogP contribution in [0.15, 0.2) is 84.9 Å². The van der Waals surface area contributed by atoms with Gasteiger partial charge in [-0.3, -0.25) is 9.59 Å². The minimum atomic E-state index is -0.757. The molecule has 5 aromatic carbocycles. The van der Waals surface area contributed by atoms with E-state index in [4.69, 9.17) is 24.7 Å². The van der Waals surface area contributed by atoms with Crippen LogP contribution in [0.25, 0.3) is 0 Å². The van der Waals surface area contributed by atoms with Crippen LogP contribution in [0.3, 0.4) is 0 Å². The molecule has 5 N–H and O–H groups in total. The fraction of sp³-hybridized carbons (Fsp3) is 0.360. The number of fused-ring (bicyclic) bond motifs is 2. The van der Waals surface area contributed by atoms with E-state index in [1.807, 2.05) is 24.3 Å². The number of nitrogens with one attached hydrogen (secondary N) is 1. The van der Waals surface area contributed by atoms with Gasteiger partial charge in [0.25, 0.3) is 0 Å². The molecule has 0 heterocycles. The van der Waals surface area contributed by atoms with Crippen LogP contribution in [0.5, 0.6) is 46.0 Å². The van der Waals surface area contributed by atoms with Crippen molar-refractivity contribution in [2.75, 3.05) is 24.3 Å². The zero-order valence-electron chi connectivity index (χ0n) is 35.5. The number of rotatable bonds is 20. The number of ketones is 2. The molecule has 316 valence electrons. The molecule has 0 atom stereocenters. The quantitative estimate of drug-likeness (QED) is 0.0333. The number of carbonyl (C=O) groups excluding carboxylic acids is 2. The summed E-state index contributed by atoms with van der Waals surface area (Å²) < 4.78 is 24.0. The lowest BCUT2D eigenvalue weighted by atomic mass is 9.81. The van der Waals surface area contributed by atoms with Crippen LogP contribution in [0.1, 0.15) is 136 Å². The minimum absolute atomic E-state index is 0.0663. The molecule has 0 saturated carbocycles. The first-order valence-electron chi connectivity index (χ1n) is 21.2. The van der Waals surface area contributed by atoms with E-state index in [1.165, 1.54) is 50.7 Å². The number of ether oxygens (including phenoxy) is 4. The third-order valence-electron chi connectivity index (χ3n) is 10.6. The minimum Gasteiger partial charge on any atom is -0.504 e. The molecule has 6 rings (SSSR count). The van der Waals surface area contributed by atoms with Gasteiger partial charge in [-0.1, -0.05) is 98.1 Å². The monoisotopic (exact) mass is 814 g/mol. The summed E-state index contributed by atoms with van der Waals surface area (Å²) in [5.41, 5.74) is 7.14. The number of phenolic OH excluding ortho intramolecular Hbond substituents is 2. The summed E-state index contributed by atoms with van der Waals surface area (Å²) in [4.78, 5) is 29.1. The number of carbonyl (C=O) groups is 2. The molecule has 0 spiro atoms. The zero-order valence-corrected chi connectivity index (χ0v) is 35.5. The molecule has 10 heteroatoms. The summed E-state index contributed by atoms with van der Waals surface area (Å²) in [5.74, 6) is -0.680. The number of hydrogen-bond acceptors (Lipinski definition) is 10. The first-order valence-corrected chi connectivity index (χ1v) is 21.2. The molecule has 10 nitrogen and oxygen atoms in total. The molecule has 0 aliphatic heterocycles. The predicted molar refractivity (Wildman–Crippen MR) is 237 cm³/mol. The third kappa shape index (κ3) is 10.3. The van der Waals surface area contributed by atoms with Crippen molar-refractivity contribution >= 4 is 28.6 Å². The van der Waals surface area contributed by atoms with E-state index in [0.29, 0.717) is 41.9 Å². The Hall–Kier alpha value is -6.16. The normalized spacial score (nSPS) is 12.2. The molecule has 1 aliphatic carbocycles. The average Bonchev–Trinajstić information content (AvgIpc) is 3.23. The number of nitrogen functional groups attached to an aromatic ring is 1. The summed E-state index contributed by atoms with van der Waals surface area (Å²) in [5, 5.41) is 26.6. The van der Waals surface area contributed by atoms with Gasteiger partial charge in [-0.15, -0.1) is 0 Å². The highest BCUT2D eigenvalue weighted by atomic mass is 16.5. The van der Waals surface area contributed by atoms with Crippen LogP contribution in [0.4, 0.5) is 17.1 Å². The number of unbranched alkanes of at least 4 members (excludes halogenated alkanes) is 8. The molecule has 60 heavy (non-hydrogen) atoms. The van der Waals surface area contributed by atoms with Crippen molar-refractivity contribution in [1.29, 1.82) is 0 Å². The largest absolute Gasteiger partial charge is 0.504 e. The van der Waals surface area contributed by atoms with Gasteiger partial charge in [0.15, 0.2) is 23.0 Å². The highest BCUT2D eigenvalue weighted by molar-refractivity contribution is 6.34. The van der Waals surface area contributed by atoms with Crippen molar-refractivity contribution in [3.8, 4) is 46.0 Å². The Balaban J connectivity index is 1.30. The smallest absolute Gasteiger partial charge is 0.200 e. The molecule has 0 amide bonds. The van der Waals surface area contributed by atoms with E-state index in [-0.39, 0.29) is 50.5 Å². The van der Waals surface area contributed by atoms with Crippen molar-refractivity contribution in [2.24, 2.45) is 0 Å². The zero-order chi connectivity index (χ0) is 42.8. The van der Waals surface area contributed by atoms with Crippen molar-refractivity contribution < 1.29 is 38.7 Å². The van der Waals surface area contributed by atoms with E-state index >= 15 is 0 Å². The Labute approximate surface area is 353 Å². The maximum absolute atomic E-state index is 14.6. The summed E-state index contributed by atoms with van der Waals surface area (Å²) in [6.07, 6.45) is 11.3. The molecule has 0 unspecified atom stereocenters. The first kappa shape index (κ1) is 43.4. The first-order chi connectivity index (χ1) is 28.9. The van der Waals surface area contributed by atoms with Gasteiger partial charge in [-0.25, -0.2) is 0 Å². The summed E-state index contributed by atoms with van der Waals surface area (Å²) >= 11 is 0. The Morgan fingerprint density at radius 3 is 1.47 bits per heavy atom. The van der Waals surface area contributed by atoms with Gasteiger partial charge in [0.05, 0.1) is 41.2 Å². The molecule has 1 aliphatic rings. The van der Waals surface area contributed by atoms with E-state index in [0.717, 1.165) is 31.2 Å². The number of anilines is 3. The Morgan fingerprint density at radius 2 is 0.983 bits per heavy atom. The van der Waals surface area contributed by atoms with E-state index in [1.54, 1.807) is 48.5 Å². The van der Waals surface area contributed by atoms with Gasteiger partial charge in [0, 0.05) is 23.5 Å². The van der Waals surface area contributed by atoms with Crippen molar-refractivity contribution in [2.45, 2.75) is 104 Å². The molecule has 5 aromatic rings. The fourth-order valence-electron chi connectivity index (χ4n) is 7.20. The van der Waals surface area contributed by atoms with Crippen LogP contribution >= 0.6 is 0 Å². The summed E-state index contributed by atoms with van der Waals surface area (Å²) in [6, 6.07) is 24.3. The third-order valence-corrected chi connectivity index (χ3v) is 10.6.